The van der Waals surface area contributed by atoms with Crippen LogP contribution in [-0.4, -0.2) is 35.5 Å². The predicted molar refractivity (Wildman–Crippen MR) is 70.1 cm³/mol. The van der Waals surface area contributed by atoms with Crippen LogP contribution in [0.4, 0.5) is 0 Å². The van der Waals surface area contributed by atoms with Crippen LogP contribution in [0.2, 0.25) is 0 Å². The van der Waals surface area contributed by atoms with Crippen LogP contribution in [0, 0.1) is 5.92 Å². The molecule has 104 valence electrons. The summed E-state index contributed by atoms with van der Waals surface area (Å²) in [6.45, 7) is 9.09. The van der Waals surface area contributed by atoms with Gasteiger partial charge in [0.15, 0.2) is 0 Å². The molecule has 1 aliphatic rings. The van der Waals surface area contributed by atoms with Crippen LogP contribution >= 0.6 is 0 Å². The molecule has 0 spiro atoms. The highest BCUT2D eigenvalue weighted by Gasteiger charge is 2.25. The number of ether oxygens (including phenoxy) is 1. The maximum absolute atomic E-state index is 11.7. The van der Waals surface area contributed by atoms with Gasteiger partial charge in [-0.3, -0.25) is 9.59 Å². The topological polar surface area (TPSA) is 46.6 Å². The van der Waals surface area contributed by atoms with Gasteiger partial charge in [-0.25, -0.2) is 0 Å². The molecule has 1 heterocycles. The van der Waals surface area contributed by atoms with Crippen LogP contribution in [0.3, 0.4) is 0 Å². The van der Waals surface area contributed by atoms with Gasteiger partial charge in [0.05, 0.1) is 0 Å². The fourth-order valence-electron chi connectivity index (χ4n) is 2.23. The number of hydrogen-bond donors (Lipinski definition) is 0. The second kappa shape index (κ2) is 6.21. The Hall–Kier alpha value is -1.06. The fourth-order valence-corrected chi connectivity index (χ4v) is 2.23. The third kappa shape index (κ3) is 5.07. The van der Waals surface area contributed by atoms with E-state index in [9.17, 15) is 9.59 Å². The van der Waals surface area contributed by atoms with E-state index in [1.807, 2.05) is 32.6 Å². The van der Waals surface area contributed by atoms with E-state index in [0.29, 0.717) is 18.8 Å². The minimum atomic E-state index is -0.407. The Morgan fingerprint density at radius 1 is 1.22 bits per heavy atom. The summed E-state index contributed by atoms with van der Waals surface area (Å²) in [6, 6.07) is 0. The third-order valence-electron chi connectivity index (χ3n) is 3.15. The molecule has 1 saturated heterocycles. The van der Waals surface area contributed by atoms with Crippen molar-refractivity contribution in [2.75, 3.05) is 13.1 Å². The molecule has 1 rings (SSSR count). The number of rotatable bonds is 3. The van der Waals surface area contributed by atoms with Gasteiger partial charge in [0.25, 0.3) is 0 Å². The van der Waals surface area contributed by atoms with E-state index < -0.39 is 5.60 Å². The third-order valence-corrected chi connectivity index (χ3v) is 3.15. The average molecular weight is 255 g/mol. The summed E-state index contributed by atoms with van der Waals surface area (Å²) in [5.74, 6) is 0.453. The summed E-state index contributed by atoms with van der Waals surface area (Å²) in [6.07, 6.45) is 2.86. The second-order valence-corrected chi connectivity index (χ2v) is 5.97. The summed E-state index contributed by atoms with van der Waals surface area (Å²) in [4.78, 5) is 25.1. The highest BCUT2D eigenvalue weighted by atomic mass is 16.6. The van der Waals surface area contributed by atoms with E-state index in [1.54, 1.807) is 0 Å². The molecule has 0 atom stereocenters. The number of likely N-dealkylation sites (tertiary alicyclic amines) is 1. The van der Waals surface area contributed by atoms with Crippen molar-refractivity contribution in [1.82, 2.24) is 4.90 Å². The fraction of sp³-hybridized carbons (Fsp3) is 0.857. The Balaban J connectivity index is 2.31. The lowest BCUT2D eigenvalue weighted by Crippen LogP contribution is -2.38. The van der Waals surface area contributed by atoms with Crippen molar-refractivity contribution in [3.8, 4) is 0 Å². The summed E-state index contributed by atoms with van der Waals surface area (Å²) >= 11 is 0. The van der Waals surface area contributed by atoms with Gasteiger partial charge in [0.1, 0.15) is 5.60 Å². The largest absolute Gasteiger partial charge is 0.460 e. The monoisotopic (exact) mass is 255 g/mol. The van der Waals surface area contributed by atoms with Crippen LogP contribution in [0.15, 0.2) is 0 Å². The number of hydrogen-bond acceptors (Lipinski definition) is 3. The Kier molecular flexibility index (Phi) is 5.17. The van der Waals surface area contributed by atoms with Crippen molar-refractivity contribution in [3.05, 3.63) is 0 Å². The minimum absolute atomic E-state index is 0.122. The molecule has 0 aliphatic carbocycles. The number of carbonyl (C=O) groups is 2. The van der Waals surface area contributed by atoms with Crippen LogP contribution < -0.4 is 0 Å². The first kappa shape index (κ1) is 15.0. The molecule has 0 aromatic rings. The van der Waals surface area contributed by atoms with Gasteiger partial charge in [-0.1, -0.05) is 6.92 Å². The Labute approximate surface area is 110 Å². The molecule has 1 amide bonds. The zero-order chi connectivity index (χ0) is 13.8. The lowest BCUT2D eigenvalue weighted by molar-refractivity contribution is -0.156. The Bertz CT molecular complexity index is 299. The number of amides is 1. The van der Waals surface area contributed by atoms with Gasteiger partial charge in [0, 0.05) is 25.9 Å². The first-order valence-corrected chi connectivity index (χ1v) is 6.81. The van der Waals surface area contributed by atoms with Crippen LogP contribution in [0.1, 0.15) is 53.4 Å². The summed E-state index contributed by atoms with van der Waals surface area (Å²) in [5, 5.41) is 0. The van der Waals surface area contributed by atoms with Gasteiger partial charge >= 0.3 is 5.97 Å². The SMILES string of the molecule is CCC(=O)N1CCC(CC(=O)OC(C)(C)C)CC1. The van der Waals surface area contributed by atoms with Crippen molar-refractivity contribution in [3.63, 3.8) is 0 Å². The predicted octanol–water partition coefficient (Wildman–Crippen LogP) is 2.37. The van der Waals surface area contributed by atoms with E-state index in [1.165, 1.54) is 0 Å². The zero-order valence-corrected chi connectivity index (χ0v) is 12.0. The van der Waals surface area contributed by atoms with E-state index in [4.69, 9.17) is 4.74 Å². The molecule has 0 N–H and O–H groups in total. The molecule has 4 heteroatoms. The first-order valence-electron chi connectivity index (χ1n) is 6.81. The lowest BCUT2D eigenvalue weighted by Gasteiger charge is -2.32. The van der Waals surface area contributed by atoms with E-state index >= 15 is 0 Å². The molecular formula is C14H25NO3. The van der Waals surface area contributed by atoms with Gasteiger partial charge < -0.3 is 9.64 Å². The van der Waals surface area contributed by atoms with Crippen molar-refractivity contribution >= 4 is 11.9 Å². The van der Waals surface area contributed by atoms with Crippen LogP contribution in [-0.2, 0) is 14.3 Å². The minimum Gasteiger partial charge on any atom is -0.460 e. The number of carbonyl (C=O) groups excluding carboxylic acids is 2. The molecule has 0 aromatic heterocycles. The molecule has 1 fully saturated rings. The van der Waals surface area contributed by atoms with E-state index in [0.717, 1.165) is 25.9 Å². The molecule has 0 bridgehead atoms. The Morgan fingerprint density at radius 3 is 2.22 bits per heavy atom. The molecule has 0 aromatic carbocycles. The smallest absolute Gasteiger partial charge is 0.306 e. The second-order valence-electron chi connectivity index (χ2n) is 5.97. The molecule has 0 unspecified atom stereocenters. The highest BCUT2D eigenvalue weighted by Crippen LogP contribution is 2.22. The van der Waals surface area contributed by atoms with E-state index in [2.05, 4.69) is 0 Å². The standard InChI is InChI=1S/C14H25NO3/c1-5-12(16)15-8-6-11(7-9-15)10-13(17)18-14(2,3)4/h11H,5-10H2,1-4H3. The highest BCUT2D eigenvalue weighted by molar-refractivity contribution is 5.76. The van der Waals surface area contributed by atoms with Gasteiger partial charge in [-0.05, 0) is 39.5 Å². The summed E-state index contributed by atoms with van der Waals surface area (Å²) < 4.78 is 5.32. The van der Waals surface area contributed by atoms with Gasteiger partial charge in [0.2, 0.25) is 5.91 Å². The van der Waals surface area contributed by atoms with Crippen LogP contribution in [0.25, 0.3) is 0 Å². The van der Waals surface area contributed by atoms with Crippen molar-refractivity contribution in [1.29, 1.82) is 0 Å². The normalized spacial score (nSPS) is 17.7. The van der Waals surface area contributed by atoms with Crippen LogP contribution in [0.5, 0.6) is 0 Å². The maximum Gasteiger partial charge on any atom is 0.306 e. The summed E-state index contributed by atoms with van der Waals surface area (Å²) in [5.41, 5.74) is -0.407. The Morgan fingerprint density at radius 2 is 1.78 bits per heavy atom. The van der Waals surface area contributed by atoms with Gasteiger partial charge in [-0.2, -0.15) is 0 Å². The molecular weight excluding hydrogens is 230 g/mol. The molecule has 1 aliphatic heterocycles. The number of piperidine rings is 1. The quantitative estimate of drug-likeness (QED) is 0.727. The molecule has 4 nitrogen and oxygen atoms in total. The lowest BCUT2D eigenvalue weighted by atomic mass is 9.93. The number of nitrogens with zero attached hydrogens (tertiary/aromatic N) is 1. The van der Waals surface area contributed by atoms with E-state index in [-0.39, 0.29) is 11.9 Å². The number of esters is 1. The first-order chi connectivity index (χ1) is 8.31. The summed E-state index contributed by atoms with van der Waals surface area (Å²) in [7, 11) is 0. The van der Waals surface area contributed by atoms with Gasteiger partial charge in [-0.15, -0.1) is 0 Å². The zero-order valence-electron chi connectivity index (χ0n) is 12.0. The molecule has 0 saturated carbocycles. The van der Waals surface area contributed by atoms with Crippen molar-refractivity contribution < 1.29 is 14.3 Å². The average Bonchev–Trinajstić information content (AvgIpc) is 2.26. The van der Waals surface area contributed by atoms with Crippen molar-refractivity contribution in [2.24, 2.45) is 5.92 Å². The van der Waals surface area contributed by atoms with Crippen molar-refractivity contribution in [2.45, 2.75) is 59.0 Å². The molecule has 18 heavy (non-hydrogen) atoms. The maximum atomic E-state index is 11.7. The molecule has 0 radical (unpaired) electrons.